The number of aliphatic carboxylic acids is 1. The summed E-state index contributed by atoms with van der Waals surface area (Å²) < 4.78 is 0. The van der Waals surface area contributed by atoms with Crippen molar-refractivity contribution in [3.8, 4) is 0 Å². The molecule has 2 N–H and O–H groups in total. The van der Waals surface area contributed by atoms with Gasteiger partial charge < -0.3 is 10.1 Å². The number of hydrogen-bond acceptors (Lipinski definition) is 3. The fraction of sp³-hybridized carbons (Fsp3) is 0.143. The summed E-state index contributed by atoms with van der Waals surface area (Å²) in [5, 5.41) is 8.51. The second-order valence-corrected chi connectivity index (χ2v) is 3.52. The van der Waals surface area contributed by atoms with Crippen molar-refractivity contribution in [2.24, 2.45) is 0 Å². The van der Waals surface area contributed by atoms with Crippen LogP contribution in [0.5, 0.6) is 0 Å². The van der Waals surface area contributed by atoms with Crippen LogP contribution in [0.4, 0.5) is 0 Å². The zero-order valence-electron chi connectivity index (χ0n) is 6.07. The van der Waals surface area contributed by atoms with Crippen molar-refractivity contribution < 1.29 is 9.90 Å². The van der Waals surface area contributed by atoms with E-state index < -0.39 is 5.97 Å². The maximum Gasteiger partial charge on any atom is 0.308 e. The Hall–Kier alpha value is -1.36. The predicted octanol–water partition coefficient (Wildman–Crippen LogP) is 1.25. The van der Waals surface area contributed by atoms with E-state index in [1.165, 1.54) is 11.3 Å². The molecule has 0 aliphatic heterocycles. The van der Waals surface area contributed by atoms with E-state index in [0.717, 1.165) is 15.2 Å². The normalized spacial score (nSPS) is 10.7. The molecule has 0 saturated carbocycles. The monoisotopic (exact) mass is 182 g/mol. The number of nitrogens with one attached hydrogen (secondary N) is 1. The van der Waals surface area contributed by atoms with Crippen molar-refractivity contribution >= 4 is 27.7 Å². The second kappa shape index (κ2) is 2.60. The van der Waals surface area contributed by atoms with Gasteiger partial charge in [0.05, 0.1) is 18.3 Å². The molecule has 0 saturated heterocycles. The average molecular weight is 182 g/mol. The molecule has 2 heterocycles. The maximum atomic E-state index is 10.3. The largest absolute Gasteiger partial charge is 0.481 e. The highest BCUT2D eigenvalue weighted by atomic mass is 32.1. The first-order valence-electron chi connectivity index (χ1n) is 3.39. The molecule has 0 aliphatic rings. The third-order valence-corrected chi connectivity index (χ3v) is 2.53. The van der Waals surface area contributed by atoms with Gasteiger partial charge in [-0.25, -0.2) is 4.98 Å². The number of carbonyl (C=O) groups is 1. The van der Waals surface area contributed by atoms with Gasteiger partial charge in [0.1, 0.15) is 4.83 Å². The van der Waals surface area contributed by atoms with Crippen LogP contribution in [0.2, 0.25) is 0 Å². The van der Waals surface area contributed by atoms with Gasteiger partial charge in [-0.05, 0) is 6.07 Å². The molecular weight excluding hydrogens is 176 g/mol. The van der Waals surface area contributed by atoms with Gasteiger partial charge in [0.2, 0.25) is 0 Å². The molecule has 12 heavy (non-hydrogen) atoms. The number of thiophene rings is 1. The molecule has 0 unspecified atom stereocenters. The molecule has 0 atom stereocenters. The van der Waals surface area contributed by atoms with Crippen molar-refractivity contribution in [2.75, 3.05) is 0 Å². The zero-order valence-corrected chi connectivity index (χ0v) is 6.89. The van der Waals surface area contributed by atoms with Gasteiger partial charge in [0.25, 0.3) is 0 Å². The number of carboxylic acids is 1. The van der Waals surface area contributed by atoms with Crippen LogP contribution >= 0.6 is 11.3 Å². The molecule has 62 valence electrons. The first kappa shape index (κ1) is 7.30. The fourth-order valence-corrected chi connectivity index (χ4v) is 1.98. The molecule has 4 nitrogen and oxygen atoms in total. The molecule has 0 radical (unpaired) electrons. The number of carboxylic acid groups (broad SMARTS) is 1. The van der Waals surface area contributed by atoms with Crippen molar-refractivity contribution in [1.82, 2.24) is 9.97 Å². The minimum absolute atomic E-state index is 0.0782. The van der Waals surface area contributed by atoms with Gasteiger partial charge in [0, 0.05) is 4.88 Å². The van der Waals surface area contributed by atoms with E-state index in [-0.39, 0.29) is 6.42 Å². The Balaban J connectivity index is 2.38. The highest BCUT2D eigenvalue weighted by Crippen LogP contribution is 2.22. The Morgan fingerprint density at radius 1 is 1.75 bits per heavy atom. The van der Waals surface area contributed by atoms with E-state index in [0.29, 0.717) is 0 Å². The first-order valence-corrected chi connectivity index (χ1v) is 4.21. The lowest BCUT2D eigenvalue weighted by Crippen LogP contribution is -1.97. The number of nitrogens with zero attached hydrogens (tertiary/aromatic N) is 1. The summed E-state index contributed by atoms with van der Waals surface area (Å²) >= 11 is 1.41. The van der Waals surface area contributed by atoms with Crippen LogP contribution in [-0.2, 0) is 11.2 Å². The Bertz CT molecular complexity index is 389. The van der Waals surface area contributed by atoms with E-state index in [9.17, 15) is 4.79 Å². The quantitative estimate of drug-likeness (QED) is 0.734. The van der Waals surface area contributed by atoms with E-state index in [4.69, 9.17) is 5.11 Å². The minimum atomic E-state index is -0.807. The summed E-state index contributed by atoms with van der Waals surface area (Å²) in [5.41, 5.74) is 0.913. The molecular formula is C7H6N2O2S. The van der Waals surface area contributed by atoms with Gasteiger partial charge >= 0.3 is 5.97 Å². The summed E-state index contributed by atoms with van der Waals surface area (Å²) in [4.78, 5) is 19.0. The van der Waals surface area contributed by atoms with Gasteiger partial charge in [-0.15, -0.1) is 11.3 Å². The van der Waals surface area contributed by atoms with Crippen molar-refractivity contribution in [3.05, 3.63) is 17.3 Å². The van der Waals surface area contributed by atoms with Crippen molar-refractivity contribution in [1.29, 1.82) is 0 Å². The predicted molar refractivity (Wildman–Crippen MR) is 45.3 cm³/mol. The lowest BCUT2D eigenvalue weighted by molar-refractivity contribution is -0.136. The second-order valence-electron chi connectivity index (χ2n) is 2.40. The summed E-state index contributed by atoms with van der Waals surface area (Å²) in [6, 6.07) is 1.82. The standard InChI is InChI=1S/C7H6N2O2S/c10-6(11)2-4-1-5-7(12-4)9-3-8-5/h1,3H,2H2,(H,8,9)(H,10,11). The van der Waals surface area contributed by atoms with Crippen LogP contribution in [0.25, 0.3) is 10.3 Å². The number of aromatic nitrogens is 2. The maximum absolute atomic E-state index is 10.3. The Morgan fingerprint density at radius 2 is 2.58 bits per heavy atom. The van der Waals surface area contributed by atoms with Crippen LogP contribution in [0, 0.1) is 0 Å². The number of H-pyrrole nitrogens is 1. The van der Waals surface area contributed by atoms with Crippen molar-refractivity contribution in [2.45, 2.75) is 6.42 Å². The van der Waals surface area contributed by atoms with E-state index in [2.05, 4.69) is 9.97 Å². The summed E-state index contributed by atoms with van der Waals surface area (Å²) in [6.45, 7) is 0. The Kier molecular flexibility index (Phi) is 1.58. The van der Waals surface area contributed by atoms with E-state index in [1.54, 1.807) is 6.33 Å². The van der Waals surface area contributed by atoms with Crippen LogP contribution in [0.15, 0.2) is 12.4 Å². The fourth-order valence-electron chi connectivity index (χ4n) is 1.03. The zero-order chi connectivity index (χ0) is 8.55. The van der Waals surface area contributed by atoms with Crippen LogP contribution in [-0.4, -0.2) is 21.0 Å². The molecule has 0 amide bonds. The van der Waals surface area contributed by atoms with Gasteiger partial charge in [-0.1, -0.05) is 0 Å². The van der Waals surface area contributed by atoms with Crippen LogP contribution in [0.3, 0.4) is 0 Å². The van der Waals surface area contributed by atoms with E-state index >= 15 is 0 Å². The average Bonchev–Trinajstić information content (AvgIpc) is 2.43. The third-order valence-electron chi connectivity index (χ3n) is 1.49. The minimum Gasteiger partial charge on any atom is -0.481 e. The Labute approximate surface area is 71.9 Å². The lowest BCUT2D eigenvalue weighted by Gasteiger charge is -1.85. The number of imidazole rings is 1. The smallest absolute Gasteiger partial charge is 0.308 e. The molecule has 0 fully saturated rings. The molecule has 2 aromatic heterocycles. The number of fused-ring (bicyclic) bond motifs is 1. The van der Waals surface area contributed by atoms with Crippen LogP contribution in [0.1, 0.15) is 4.88 Å². The summed E-state index contributed by atoms with van der Waals surface area (Å²) in [7, 11) is 0. The molecule has 0 aromatic carbocycles. The highest BCUT2D eigenvalue weighted by Gasteiger charge is 2.06. The topological polar surface area (TPSA) is 66.0 Å². The molecule has 0 aliphatic carbocycles. The molecule has 2 rings (SSSR count). The number of aromatic amines is 1. The summed E-state index contributed by atoms with van der Waals surface area (Å²) in [6.07, 6.45) is 1.68. The summed E-state index contributed by atoms with van der Waals surface area (Å²) in [5.74, 6) is -0.807. The van der Waals surface area contributed by atoms with Gasteiger partial charge in [0.15, 0.2) is 0 Å². The molecule has 2 aromatic rings. The Morgan fingerprint density at radius 3 is 3.25 bits per heavy atom. The van der Waals surface area contributed by atoms with Crippen molar-refractivity contribution in [3.63, 3.8) is 0 Å². The third kappa shape index (κ3) is 1.18. The first-order chi connectivity index (χ1) is 5.75. The van der Waals surface area contributed by atoms with Gasteiger partial charge in [-0.2, -0.15) is 0 Å². The van der Waals surface area contributed by atoms with Crippen LogP contribution < -0.4 is 0 Å². The molecule has 5 heteroatoms. The van der Waals surface area contributed by atoms with E-state index in [1.807, 2.05) is 6.07 Å². The SMILES string of the molecule is O=C(O)Cc1cc2[nH]cnc2s1. The van der Waals surface area contributed by atoms with Gasteiger partial charge in [-0.3, -0.25) is 4.79 Å². The number of rotatable bonds is 2. The molecule has 0 bridgehead atoms. The number of hydrogen-bond donors (Lipinski definition) is 2. The molecule has 0 spiro atoms. The highest BCUT2D eigenvalue weighted by molar-refractivity contribution is 7.18. The lowest BCUT2D eigenvalue weighted by atomic mass is 10.3.